The fourth-order valence-electron chi connectivity index (χ4n) is 1.62. The number of phenols is 1. The molecule has 4 heteroatoms. The van der Waals surface area contributed by atoms with Crippen LogP contribution in [0.5, 0.6) is 5.75 Å². The minimum absolute atomic E-state index is 0.00451. The van der Waals surface area contributed by atoms with Crippen LogP contribution >= 0.6 is 11.6 Å². The highest BCUT2D eigenvalue weighted by Gasteiger charge is 2.16. The van der Waals surface area contributed by atoms with E-state index in [0.29, 0.717) is 24.6 Å². The Kier molecular flexibility index (Phi) is 4.82. The van der Waals surface area contributed by atoms with Gasteiger partial charge in [-0.15, -0.1) is 0 Å². The summed E-state index contributed by atoms with van der Waals surface area (Å²) in [5.74, 6) is 0.365. The van der Waals surface area contributed by atoms with Gasteiger partial charge in [0.2, 0.25) is 0 Å². The van der Waals surface area contributed by atoms with Crippen molar-refractivity contribution >= 4 is 17.5 Å². The lowest BCUT2D eigenvalue weighted by molar-refractivity contribution is 0.0746. The van der Waals surface area contributed by atoms with Crippen molar-refractivity contribution in [1.29, 1.82) is 0 Å². The highest BCUT2D eigenvalue weighted by atomic mass is 35.5. The lowest BCUT2D eigenvalue weighted by Crippen LogP contribution is -2.33. The van der Waals surface area contributed by atoms with E-state index in [1.54, 1.807) is 11.0 Å². The lowest BCUT2D eigenvalue weighted by Gasteiger charge is -2.23. The number of phenolic OH excluding ortho intramolecular Hbond substituents is 1. The third-order valence-electron chi connectivity index (χ3n) is 2.45. The van der Waals surface area contributed by atoms with E-state index in [0.717, 1.165) is 0 Å². The van der Waals surface area contributed by atoms with Crippen LogP contribution in [-0.4, -0.2) is 29.0 Å². The van der Waals surface area contributed by atoms with Gasteiger partial charge in [0.05, 0.1) is 5.02 Å². The molecule has 0 unspecified atom stereocenters. The van der Waals surface area contributed by atoms with E-state index in [9.17, 15) is 9.90 Å². The molecule has 0 spiro atoms. The highest BCUT2D eigenvalue weighted by Crippen LogP contribution is 2.24. The van der Waals surface area contributed by atoms with E-state index in [2.05, 4.69) is 13.8 Å². The normalized spacial score (nSPS) is 10.6. The Bertz CT molecular complexity index is 404. The van der Waals surface area contributed by atoms with Gasteiger partial charge < -0.3 is 10.0 Å². The fourth-order valence-corrected chi connectivity index (χ4v) is 1.80. The molecule has 1 rings (SSSR count). The molecule has 0 aromatic heterocycles. The first-order valence-corrected chi connectivity index (χ1v) is 6.11. The topological polar surface area (TPSA) is 40.5 Å². The second-order valence-electron chi connectivity index (χ2n) is 4.40. The zero-order valence-corrected chi connectivity index (χ0v) is 11.2. The van der Waals surface area contributed by atoms with Gasteiger partial charge in [-0.05, 0) is 31.0 Å². The Hall–Kier alpha value is -1.22. The minimum atomic E-state index is -0.0527. The molecule has 1 aromatic carbocycles. The molecule has 0 aliphatic heterocycles. The summed E-state index contributed by atoms with van der Waals surface area (Å²) in [6.45, 7) is 7.46. The minimum Gasteiger partial charge on any atom is -0.506 e. The second kappa shape index (κ2) is 5.92. The summed E-state index contributed by atoms with van der Waals surface area (Å²) in [6, 6.07) is 4.54. The summed E-state index contributed by atoms with van der Waals surface area (Å²) in [4.78, 5) is 13.9. The first kappa shape index (κ1) is 13.8. The number of benzene rings is 1. The van der Waals surface area contributed by atoms with E-state index in [1.165, 1.54) is 12.1 Å². The van der Waals surface area contributed by atoms with E-state index < -0.39 is 0 Å². The van der Waals surface area contributed by atoms with Crippen molar-refractivity contribution in [2.24, 2.45) is 5.92 Å². The van der Waals surface area contributed by atoms with Gasteiger partial charge in [-0.25, -0.2) is 0 Å². The molecule has 17 heavy (non-hydrogen) atoms. The molecule has 0 fully saturated rings. The van der Waals surface area contributed by atoms with Crippen molar-refractivity contribution in [3.05, 3.63) is 28.8 Å². The van der Waals surface area contributed by atoms with Gasteiger partial charge in [-0.1, -0.05) is 25.4 Å². The van der Waals surface area contributed by atoms with E-state index in [4.69, 9.17) is 11.6 Å². The molecular formula is C13H18ClNO2. The Morgan fingerprint density at radius 1 is 1.47 bits per heavy atom. The van der Waals surface area contributed by atoms with Gasteiger partial charge >= 0.3 is 0 Å². The van der Waals surface area contributed by atoms with Gasteiger partial charge in [0.15, 0.2) is 0 Å². The van der Waals surface area contributed by atoms with Crippen LogP contribution in [0.1, 0.15) is 31.1 Å². The predicted octanol–water partition coefficient (Wildman–Crippen LogP) is 3.16. The summed E-state index contributed by atoms with van der Waals surface area (Å²) in [5, 5.41) is 9.51. The maximum Gasteiger partial charge on any atom is 0.253 e. The summed E-state index contributed by atoms with van der Waals surface area (Å²) >= 11 is 5.79. The SMILES string of the molecule is CCN(CC(C)C)C(=O)c1ccc(O)c(Cl)c1. The molecule has 1 aromatic rings. The number of carbonyl (C=O) groups excluding carboxylic acids is 1. The number of rotatable bonds is 4. The van der Waals surface area contributed by atoms with Crippen LogP contribution in [0.25, 0.3) is 0 Å². The van der Waals surface area contributed by atoms with Crippen molar-refractivity contribution in [3.8, 4) is 5.75 Å². The third kappa shape index (κ3) is 3.63. The van der Waals surface area contributed by atoms with Crippen LogP contribution in [0.4, 0.5) is 0 Å². The molecule has 0 aliphatic rings. The van der Waals surface area contributed by atoms with Gasteiger partial charge in [0, 0.05) is 18.7 Å². The molecule has 0 heterocycles. The van der Waals surface area contributed by atoms with Crippen LogP contribution in [-0.2, 0) is 0 Å². The predicted molar refractivity (Wildman–Crippen MR) is 69.5 cm³/mol. The Labute approximate surface area is 107 Å². The molecule has 0 aliphatic carbocycles. The molecule has 94 valence electrons. The lowest BCUT2D eigenvalue weighted by atomic mass is 10.1. The van der Waals surface area contributed by atoms with Gasteiger partial charge in [-0.3, -0.25) is 4.79 Å². The average molecular weight is 256 g/mol. The highest BCUT2D eigenvalue weighted by molar-refractivity contribution is 6.32. The Balaban J connectivity index is 2.90. The molecule has 0 saturated heterocycles. The maximum absolute atomic E-state index is 12.2. The average Bonchev–Trinajstić information content (AvgIpc) is 2.28. The number of aromatic hydroxyl groups is 1. The van der Waals surface area contributed by atoms with E-state index >= 15 is 0 Å². The number of hydrogen-bond donors (Lipinski definition) is 1. The second-order valence-corrected chi connectivity index (χ2v) is 4.81. The summed E-state index contributed by atoms with van der Waals surface area (Å²) in [6.07, 6.45) is 0. The fraction of sp³-hybridized carbons (Fsp3) is 0.462. The van der Waals surface area contributed by atoms with Crippen molar-refractivity contribution in [1.82, 2.24) is 4.90 Å². The molecule has 0 saturated carbocycles. The summed E-state index contributed by atoms with van der Waals surface area (Å²) in [5.41, 5.74) is 0.510. The van der Waals surface area contributed by atoms with Crippen molar-refractivity contribution in [3.63, 3.8) is 0 Å². The number of amides is 1. The number of nitrogens with zero attached hydrogens (tertiary/aromatic N) is 1. The Morgan fingerprint density at radius 2 is 2.12 bits per heavy atom. The molecule has 1 N–H and O–H groups in total. The molecule has 0 radical (unpaired) electrons. The summed E-state index contributed by atoms with van der Waals surface area (Å²) < 4.78 is 0. The standard InChI is InChI=1S/C13H18ClNO2/c1-4-15(8-9(2)3)13(17)10-5-6-12(16)11(14)7-10/h5-7,9,16H,4,8H2,1-3H3. The van der Waals surface area contributed by atoms with Gasteiger partial charge in [0.1, 0.15) is 5.75 Å². The molecule has 1 amide bonds. The number of carbonyl (C=O) groups is 1. The first-order valence-electron chi connectivity index (χ1n) is 5.73. The van der Waals surface area contributed by atoms with Crippen molar-refractivity contribution < 1.29 is 9.90 Å². The monoisotopic (exact) mass is 255 g/mol. The van der Waals surface area contributed by atoms with Gasteiger partial charge in [0.25, 0.3) is 5.91 Å². The van der Waals surface area contributed by atoms with Crippen molar-refractivity contribution in [2.75, 3.05) is 13.1 Å². The van der Waals surface area contributed by atoms with Crippen LogP contribution < -0.4 is 0 Å². The first-order chi connectivity index (χ1) is 7.95. The van der Waals surface area contributed by atoms with Crippen LogP contribution in [0.15, 0.2) is 18.2 Å². The largest absolute Gasteiger partial charge is 0.506 e. The summed E-state index contributed by atoms with van der Waals surface area (Å²) in [7, 11) is 0. The Morgan fingerprint density at radius 3 is 2.59 bits per heavy atom. The number of halogens is 1. The molecule has 0 atom stereocenters. The van der Waals surface area contributed by atoms with E-state index in [1.807, 2.05) is 6.92 Å². The molecule has 3 nitrogen and oxygen atoms in total. The molecular weight excluding hydrogens is 238 g/mol. The van der Waals surface area contributed by atoms with Crippen molar-refractivity contribution in [2.45, 2.75) is 20.8 Å². The molecule has 0 bridgehead atoms. The van der Waals surface area contributed by atoms with Crippen LogP contribution in [0.3, 0.4) is 0 Å². The maximum atomic E-state index is 12.2. The van der Waals surface area contributed by atoms with Crippen LogP contribution in [0, 0.1) is 5.92 Å². The van der Waals surface area contributed by atoms with Gasteiger partial charge in [-0.2, -0.15) is 0 Å². The quantitative estimate of drug-likeness (QED) is 0.898. The zero-order valence-electron chi connectivity index (χ0n) is 10.4. The number of hydrogen-bond acceptors (Lipinski definition) is 2. The zero-order chi connectivity index (χ0) is 13.0. The third-order valence-corrected chi connectivity index (χ3v) is 2.75. The van der Waals surface area contributed by atoms with Crippen LogP contribution in [0.2, 0.25) is 5.02 Å². The van der Waals surface area contributed by atoms with E-state index in [-0.39, 0.29) is 16.7 Å². The smallest absolute Gasteiger partial charge is 0.253 e.